The molecule has 4 aromatic rings. The van der Waals surface area contributed by atoms with Gasteiger partial charge in [-0.05, 0) is 109 Å². The zero-order valence-corrected chi connectivity index (χ0v) is 28.6. The van der Waals surface area contributed by atoms with E-state index >= 15 is 0 Å². The van der Waals surface area contributed by atoms with Gasteiger partial charge in [0.25, 0.3) is 5.91 Å². The van der Waals surface area contributed by atoms with Crippen LogP contribution in [0.3, 0.4) is 0 Å². The van der Waals surface area contributed by atoms with Crippen LogP contribution in [0.5, 0.6) is 5.75 Å². The van der Waals surface area contributed by atoms with Gasteiger partial charge in [0.1, 0.15) is 5.75 Å². The predicted octanol–water partition coefficient (Wildman–Crippen LogP) is 7.73. The molecule has 2 amide bonds. The number of amides is 2. The molecule has 0 spiro atoms. The number of hydrogen-bond acceptors (Lipinski definition) is 4. The molecule has 2 heterocycles. The first-order chi connectivity index (χ1) is 22.9. The van der Waals surface area contributed by atoms with Crippen molar-refractivity contribution >= 4 is 27.7 Å². The van der Waals surface area contributed by atoms with E-state index in [0.717, 1.165) is 63.8 Å². The van der Waals surface area contributed by atoms with Crippen LogP contribution < -0.4 is 0 Å². The number of nitrogens with zero attached hydrogens (tertiary/aromatic N) is 3. The van der Waals surface area contributed by atoms with Gasteiger partial charge in [-0.15, -0.1) is 0 Å². The van der Waals surface area contributed by atoms with E-state index in [2.05, 4.69) is 39.0 Å². The maximum absolute atomic E-state index is 13.9. The van der Waals surface area contributed by atoms with E-state index in [1.54, 1.807) is 12.1 Å². The maximum atomic E-state index is 13.9. The Morgan fingerprint density at radius 2 is 1.47 bits per heavy atom. The van der Waals surface area contributed by atoms with Crippen molar-refractivity contribution in [1.82, 2.24) is 14.7 Å². The Bertz CT molecular complexity index is 1640. The lowest BCUT2D eigenvalue weighted by Gasteiger charge is -2.40. The minimum absolute atomic E-state index is 0.0556. The summed E-state index contributed by atoms with van der Waals surface area (Å²) in [4.78, 5) is 34.2. The molecule has 1 N–H and O–H groups in total. The molecule has 4 aromatic carbocycles. The fourth-order valence-electron chi connectivity index (χ4n) is 6.97. The zero-order valence-electron chi connectivity index (χ0n) is 27.0. The van der Waals surface area contributed by atoms with Gasteiger partial charge in [-0.3, -0.25) is 9.59 Å². The summed E-state index contributed by atoms with van der Waals surface area (Å²) in [5.41, 5.74) is 5.68. The third-order valence-corrected chi connectivity index (χ3v) is 10.2. The van der Waals surface area contributed by atoms with Gasteiger partial charge in [0.05, 0.1) is 6.42 Å². The number of phenols is 1. The number of hydrogen-bond donors (Lipinski definition) is 1. The van der Waals surface area contributed by atoms with Crippen molar-refractivity contribution in [3.63, 3.8) is 0 Å². The summed E-state index contributed by atoms with van der Waals surface area (Å²) in [5, 5.41) is 9.71. The average molecular weight is 695 g/mol. The van der Waals surface area contributed by atoms with Crippen LogP contribution in [0.1, 0.15) is 59.2 Å². The van der Waals surface area contributed by atoms with Crippen molar-refractivity contribution in [2.75, 3.05) is 32.7 Å². The molecule has 2 aliphatic rings. The molecular weight excluding hydrogens is 650 g/mol. The Morgan fingerprint density at radius 3 is 2.21 bits per heavy atom. The van der Waals surface area contributed by atoms with Crippen molar-refractivity contribution in [3.8, 4) is 16.9 Å². The number of benzene rings is 4. The number of piperidine rings is 2. The highest BCUT2D eigenvalue weighted by molar-refractivity contribution is 9.10. The highest BCUT2D eigenvalue weighted by Crippen LogP contribution is 2.28. The molecule has 0 atom stereocenters. The molecule has 0 saturated carbocycles. The van der Waals surface area contributed by atoms with E-state index in [1.807, 2.05) is 76.5 Å². The van der Waals surface area contributed by atoms with E-state index < -0.39 is 0 Å². The van der Waals surface area contributed by atoms with Crippen LogP contribution in [0.2, 0.25) is 0 Å². The van der Waals surface area contributed by atoms with Crippen LogP contribution >= 0.6 is 15.9 Å². The number of phenolic OH excluding ortho intramolecular Hbond substituents is 1. The first-order valence-electron chi connectivity index (χ1n) is 16.9. The fourth-order valence-corrected chi connectivity index (χ4v) is 7.24. The molecule has 0 bridgehead atoms. The summed E-state index contributed by atoms with van der Waals surface area (Å²) in [6, 6.07) is 31.8. The van der Waals surface area contributed by atoms with Crippen LogP contribution in [0.25, 0.3) is 11.1 Å². The topological polar surface area (TPSA) is 64.1 Å². The molecule has 0 aliphatic carbocycles. The zero-order chi connectivity index (χ0) is 32.6. The van der Waals surface area contributed by atoms with E-state index in [0.29, 0.717) is 32.0 Å². The van der Waals surface area contributed by atoms with Crippen molar-refractivity contribution in [3.05, 3.63) is 124 Å². The molecule has 0 unspecified atom stereocenters. The van der Waals surface area contributed by atoms with Crippen molar-refractivity contribution in [1.29, 1.82) is 0 Å². The van der Waals surface area contributed by atoms with E-state index in [4.69, 9.17) is 0 Å². The lowest BCUT2D eigenvalue weighted by molar-refractivity contribution is -0.131. The average Bonchev–Trinajstić information content (AvgIpc) is 3.12. The molecule has 2 aliphatic heterocycles. The smallest absolute Gasteiger partial charge is 0.254 e. The molecule has 244 valence electrons. The largest absolute Gasteiger partial charge is 0.508 e. The molecule has 0 radical (unpaired) electrons. The first-order valence-corrected chi connectivity index (χ1v) is 17.7. The molecular formula is C40H44BrN3O3. The lowest BCUT2D eigenvalue weighted by atomic mass is 9.95. The Kier molecular flexibility index (Phi) is 11.1. The summed E-state index contributed by atoms with van der Waals surface area (Å²) in [6.45, 7) is 4.99. The van der Waals surface area contributed by atoms with E-state index in [9.17, 15) is 14.7 Å². The third kappa shape index (κ3) is 8.70. The van der Waals surface area contributed by atoms with Gasteiger partial charge >= 0.3 is 0 Å². The monoisotopic (exact) mass is 693 g/mol. The van der Waals surface area contributed by atoms with Gasteiger partial charge in [0, 0.05) is 42.3 Å². The predicted molar refractivity (Wildman–Crippen MR) is 191 cm³/mol. The number of carbonyl (C=O) groups is 2. The highest BCUT2D eigenvalue weighted by Gasteiger charge is 2.29. The summed E-state index contributed by atoms with van der Waals surface area (Å²) >= 11 is 3.48. The van der Waals surface area contributed by atoms with Crippen molar-refractivity contribution < 1.29 is 14.7 Å². The second kappa shape index (κ2) is 15.8. The molecule has 6 rings (SSSR count). The normalized spacial score (nSPS) is 15.8. The molecule has 6 nitrogen and oxygen atoms in total. The Morgan fingerprint density at radius 1 is 0.766 bits per heavy atom. The van der Waals surface area contributed by atoms with Gasteiger partial charge in [-0.2, -0.15) is 0 Å². The number of rotatable bonds is 10. The number of halogens is 1. The van der Waals surface area contributed by atoms with Gasteiger partial charge in [0.15, 0.2) is 0 Å². The summed E-state index contributed by atoms with van der Waals surface area (Å²) in [5.74, 6) is 0.387. The van der Waals surface area contributed by atoms with Crippen LogP contribution in [0.15, 0.2) is 102 Å². The molecule has 0 aromatic heterocycles. The molecule has 47 heavy (non-hydrogen) atoms. The number of carbonyl (C=O) groups excluding carboxylic acids is 2. The minimum atomic E-state index is 0.0556. The lowest BCUT2D eigenvalue weighted by Crippen LogP contribution is -2.48. The van der Waals surface area contributed by atoms with Crippen LogP contribution in [0, 0.1) is 0 Å². The maximum Gasteiger partial charge on any atom is 0.254 e. The van der Waals surface area contributed by atoms with Crippen LogP contribution in [-0.2, 0) is 24.2 Å². The van der Waals surface area contributed by atoms with Gasteiger partial charge < -0.3 is 19.8 Å². The van der Waals surface area contributed by atoms with Crippen LogP contribution in [0.4, 0.5) is 0 Å². The molecule has 2 fully saturated rings. The van der Waals surface area contributed by atoms with Crippen molar-refractivity contribution in [2.24, 2.45) is 0 Å². The van der Waals surface area contributed by atoms with Gasteiger partial charge in [0.2, 0.25) is 5.91 Å². The third-order valence-electron chi connectivity index (χ3n) is 9.66. The minimum Gasteiger partial charge on any atom is -0.508 e. The Hall–Kier alpha value is -3.94. The fraction of sp³-hybridized carbons (Fsp3) is 0.350. The molecule has 2 saturated heterocycles. The summed E-state index contributed by atoms with van der Waals surface area (Å²) in [6.07, 6.45) is 7.00. The van der Waals surface area contributed by atoms with E-state index in [-0.39, 0.29) is 17.6 Å². The van der Waals surface area contributed by atoms with Gasteiger partial charge in [-0.25, -0.2) is 0 Å². The quantitative estimate of drug-likeness (QED) is 0.185. The Balaban J connectivity index is 1.17. The van der Waals surface area contributed by atoms with Gasteiger partial charge in [-0.1, -0.05) is 83.0 Å². The first kappa shape index (κ1) is 33.0. The number of aromatic hydroxyl groups is 1. The second-order valence-corrected chi connectivity index (χ2v) is 13.8. The Labute approximate surface area is 287 Å². The number of likely N-dealkylation sites (tertiary alicyclic amines) is 2. The standard InChI is InChI=1S/C40H44BrN3O3/c41-34-15-11-31(12-16-34)28-39(46)44(24-19-30-13-17-36(45)18-14-30)29-32-7-6-8-33(27-32)37-9-2-3-10-38(37)40(47)43-25-20-35(21-26-43)42-22-4-1-5-23-42/h2-3,6-18,27,35,45H,1,4-5,19-26,28-29H2. The summed E-state index contributed by atoms with van der Waals surface area (Å²) in [7, 11) is 0. The second-order valence-electron chi connectivity index (χ2n) is 12.9. The molecule has 7 heteroatoms. The summed E-state index contributed by atoms with van der Waals surface area (Å²) < 4.78 is 0.982. The highest BCUT2D eigenvalue weighted by atomic mass is 79.9. The van der Waals surface area contributed by atoms with Crippen LogP contribution in [-0.4, -0.2) is 70.4 Å². The van der Waals surface area contributed by atoms with Crippen molar-refractivity contribution in [2.45, 2.75) is 57.5 Å². The SMILES string of the molecule is O=C(Cc1ccc(Br)cc1)N(CCc1ccc(O)cc1)Cc1cccc(-c2ccccc2C(=O)N2CCC(N3CCCCC3)CC2)c1. The van der Waals surface area contributed by atoms with E-state index in [1.165, 1.54) is 32.4 Å².